The van der Waals surface area contributed by atoms with Gasteiger partial charge in [0.25, 0.3) is 5.91 Å². The van der Waals surface area contributed by atoms with Gasteiger partial charge in [-0.15, -0.1) is 0 Å². The molecule has 1 amide bonds. The van der Waals surface area contributed by atoms with E-state index in [9.17, 15) is 4.79 Å². The first kappa shape index (κ1) is 14.5. The summed E-state index contributed by atoms with van der Waals surface area (Å²) >= 11 is 3.43. The van der Waals surface area contributed by atoms with Crippen molar-refractivity contribution in [3.63, 3.8) is 0 Å². The summed E-state index contributed by atoms with van der Waals surface area (Å²) in [4.78, 5) is 14.6. The molecule has 19 heavy (non-hydrogen) atoms. The van der Waals surface area contributed by atoms with Gasteiger partial charge in [-0.1, -0.05) is 22.0 Å². The summed E-state index contributed by atoms with van der Waals surface area (Å²) in [5.74, 6) is 0.550. The molecule has 2 atom stereocenters. The van der Waals surface area contributed by atoms with Crippen LogP contribution in [0.15, 0.2) is 22.7 Å². The van der Waals surface area contributed by atoms with E-state index in [0.717, 1.165) is 41.5 Å². The lowest BCUT2D eigenvalue weighted by Crippen LogP contribution is -2.45. The minimum atomic E-state index is 0.129. The molecule has 0 aromatic heterocycles. The van der Waals surface area contributed by atoms with E-state index in [0.29, 0.717) is 5.92 Å². The summed E-state index contributed by atoms with van der Waals surface area (Å²) < 4.78 is 0.946. The number of carbonyl (C=O) groups excluding carboxylic acids is 1. The van der Waals surface area contributed by atoms with Crippen molar-refractivity contribution in [3.8, 4) is 0 Å². The van der Waals surface area contributed by atoms with E-state index >= 15 is 0 Å². The Morgan fingerprint density at radius 1 is 1.53 bits per heavy atom. The maximum atomic E-state index is 12.6. The fourth-order valence-corrected chi connectivity index (χ4v) is 2.98. The van der Waals surface area contributed by atoms with Crippen LogP contribution >= 0.6 is 15.9 Å². The third kappa shape index (κ3) is 3.37. The van der Waals surface area contributed by atoms with Gasteiger partial charge in [-0.25, -0.2) is 0 Å². The zero-order chi connectivity index (χ0) is 14.0. The van der Waals surface area contributed by atoms with Gasteiger partial charge in [0.1, 0.15) is 0 Å². The maximum absolute atomic E-state index is 12.6. The van der Waals surface area contributed by atoms with Crippen LogP contribution in [0.5, 0.6) is 0 Å². The molecule has 0 aliphatic carbocycles. The number of hydrogen-bond acceptors (Lipinski definition) is 2. The summed E-state index contributed by atoms with van der Waals surface area (Å²) in [6.45, 7) is 5.63. The molecule has 2 rings (SSSR count). The summed E-state index contributed by atoms with van der Waals surface area (Å²) in [7, 11) is 0. The molecule has 1 aromatic rings. The number of aryl methyl sites for hydroxylation is 1. The largest absolute Gasteiger partial charge is 0.338 e. The Morgan fingerprint density at radius 2 is 2.26 bits per heavy atom. The van der Waals surface area contributed by atoms with Gasteiger partial charge in [-0.2, -0.15) is 0 Å². The average Bonchev–Trinajstić information content (AvgIpc) is 2.41. The molecule has 1 aliphatic rings. The number of nitrogens with two attached hydrogens (primary N) is 1. The molecule has 1 aliphatic heterocycles. The van der Waals surface area contributed by atoms with Crippen LogP contribution in [-0.2, 0) is 0 Å². The first-order valence-electron chi connectivity index (χ1n) is 6.80. The smallest absolute Gasteiger partial charge is 0.254 e. The molecule has 0 saturated carbocycles. The monoisotopic (exact) mass is 324 g/mol. The van der Waals surface area contributed by atoms with Crippen LogP contribution < -0.4 is 5.73 Å². The molecule has 1 aromatic carbocycles. The Hall–Kier alpha value is -0.870. The summed E-state index contributed by atoms with van der Waals surface area (Å²) in [6.07, 6.45) is 2.17. The number of likely N-dealkylation sites (tertiary alicyclic amines) is 1. The normalized spacial score (nSPS) is 21.3. The number of piperidine rings is 1. The van der Waals surface area contributed by atoms with Crippen molar-refractivity contribution in [2.75, 3.05) is 13.1 Å². The highest BCUT2D eigenvalue weighted by Gasteiger charge is 2.27. The molecule has 1 fully saturated rings. The Balaban J connectivity index is 2.17. The van der Waals surface area contributed by atoms with E-state index in [2.05, 4.69) is 15.9 Å². The van der Waals surface area contributed by atoms with Gasteiger partial charge in [-0.3, -0.25) is 4.79 Å². The fraction of sp³-hybridized carbons (Fsp3) is 0.533. The molecule has 1 heterocycles. The Labute approximate surface area is 123 Å². The third-order valence-electron chi connectivity index (χ3n) is 3.92. The number of rotatable bonds is 2. The number of amides is 1. The van der Waals surface area contributed by atoms with Crippen molar-refractivity contribution >= 4 is 21.8 Å². The zero-order valence-corrected chi connectivity index (χ0v) is 13.1. The highest BCUT2D eigenvalue weighted by molar-refractivity contribution is 9.10. The van der Waals surface area contributed by atoms with Gasteiger partial charge < -0.3 is 10.6 Å². The summed E-state index contributed by atoms with van der Waals surface area (Å²) in [5.41, 5.74) is 7.79. The SMILES string of the molecule is Cc1ccc(Br)cc1C(=O)N1CCCC(C(C)N)C1. The first-order chi connectivity index (χ1) is 8.99. The lowest BCUT2D eigenvalue weighted by Gasteiger charge is -2.35. The third-order valence-corrected chi connectivity index (χ3v) is 4.41. The van der Waals surface area contributed by atoms with E-state index in [-0.39, 0.29) is 11.9 Å². The Kier molecular flexibility index (Phi) is 4.63. The minimum absolute atomic E-state index is 0.129. The lowest BCUT2D eigenvalue weighted by atomic mass is 9.91. The molecule has 0 spiro atoms. The van der Waals surface area contributed by atoms with E-state index in [1.165, 1.54) is 0 Å². The number of nitrogens with zero attached hydrogens (tertiary/aromatic N) is 1. The van der Waals surface area contributed by atoms with E-state index in [4.69, 9.17) is 5.73 Å². The van der Waals surface area contributed by atoms with Crippen LogP contribution in [0, 0.1) is 12.8 Å². The maximum Gasteiger partial charge on any atom is 0.254 e. The van der Waals surface area contributed by atoms with Gasteiger partial charge >= 0.3 is 0 Å². The predicted octanol–water partition coefficient (Wildman–Crippen LogP) is 2.96. The summed E-state index contributed by atoms with van der Waals surface area (Å²) in [5, 5.41) is 0. The molecule has 2 unspecified atom stereocenters. The van der Waals surface area contributed by atoms with Crippen LogP contribution in [0.3, 0.4) is 0 Å². The van der Waals surface area contributed by atoms with E-state index < -0.39 is 0 Å². The van der Waals surface area contributed by atoms with Crippen molar-refractivity contribution in [2.24, 2.45) is 11.7 Å². The lowest BCUT2D eigenvalue weighted by molar-refractivity contribution is 0.0660. The van der Waals surface area contributed by atoms with Crippen molar-refractivity contribution < 1.29 is 4.79 Å². The van der Waals surface area contributed by atoms with Gasteiger partial charge in [-0.05, 0) is 50.3 Å². The Bertz CT molecular complexity index is 473. The molecule has 104 valence electrons. The quantitative estimate of drug-likeness (QED) is 0.909. The van der Waals surface area contributed by atoms with Crippen molar-refractivity contribution in [3.05, 3.63) is 33.8 Å². The number of benzene rings is 1. The second-order valence-corrected chi connectivity index (χ2v) is 6.39. The van der Waals surface area contributed by atoms with Crippen LogP contribution in [0.25, 0.3) is 0 Å². The standard InChI is InChI=1S/C15H21BrN2O/c1-10-5-6-13(16)8-14(10)15(19)18-7-3-4-12(9-18)11(2)17/h5-6,8,11-12H,3-4,7,9,17H2,1-2H3. The van der Waals surface area contributed by atoms with E-state index in [1.807, 2.05) is 36.9 Å². The van der Waals surface area contributed by atoms with Crippen molar-refractivity contribution in [2.45, 2.75) is 32.7 Å². The molecular formula is C15H21BrN2O. The van der Waals surface area contributed by atoms with Crippen molar-refractivity contribution in [1.29, 1.82) is 0 Å². The van der Waals surface area contributed by atoms with Gasteiger partial charge in [0.15, 0.2) is 0 Å². The number of carbonyl (C=O) groups is 1. The molecule has 0 radical (unpaired) electrons. The molecule has 0 bridgehead atoms. The topological polar surface area (TPSA) is 46.3 Å². The zero-order valence-electron chi connectivity index (χ0n) is 11.5. The van der Waals surface area contributed by atoms with Gasteiger partial charge in [0.05, 0.1) is 0 Å². The summed E-state index contributed by atoms with van der Waals surface area (Å²) in [6, 6.07) is 6.00. The highest BCUT2D eigenvalue weighted by atomic mass is 79.9. The molecule has 4 heteroatoms. The van der Waals surface area contributed by atoms with Crippen LogP contribution in [-0.4, -0.2) is 29.9 Å². The number of halogens is 1. The molecule has 1 saturated heterocycles. The molecule has 3 nitrogen and oxygen atoms in total. The van der Waals surface area contributed by atoms with E-state index in [1.54, 1.807) is 0 Å². The minimum Gasteiger partial charge on any atom is -0.338 e. The average molecular weight is 325 g/mol. The van der Waals surface area contributed by atoms with Crippen LogP contribution in [0.2, 0.25) is 0 Å². The second kappa shape index (κ2) is 6.06. The highest BCUT2D eigenvalue weighted by Crippen LogP contribution is 2.23. The van der Waals surface area contributed by atoms with Crippen LogP contribution in [0.4, 0.5) is 0 Å². The number of hydrogen-bond donors (Lipinski definition) is 1. The predicted molar refractivity (Wildman–Crippen MR) is 81.2 cm³/mol. The first-order valence-corrected chi connectivity index (χ1v) is 7.59. The second-order valence-electron chi connectivity index (χ2n) is 5.47. The van der Waals surface area contributed by atoms with Crippen LogP contribution in [0.1, 0.15) is 35.7 Å². The molecule has 2 N–H and O–H groups in total. The molecular weight excluding hydrogens is 304 g/mol. The van der Waals surface area contributed by atoms with Crippen molar-refractivity contribution in [1.82, 2.24) is 4.90 Å². The fourth-order valence-electron chi connectivity index (χ4n) is 2.62. The van der Waals surface area contributed by atoms with Gasteiger partial charge in [0.2, 0.25) is 0 Å². The van der Waals surface area contributed by atoms with Gasteiger partial charge in [0, 0.05) is 29.2 Å². The Morgan fingerprint density at radius 3 is 2.95 bits per heavy atom.